The van der Waals surface area contributed by atoms with Gasteiger partial charge in [-0.3, -0.25) is 0 Å². The third-order valence-electron chi connectivity index (χ3n) is 6.04. The summed E-state index contributed by atoms with van der Waals surface area (Å²) in [6.07, 6.45) is 4.97. The standard InChI is InChI=1S/C23H26FN5/c24-19-10-4-6-12-21(19)28-13-15-29(16-14-28)23-26-20-11-5-3-9-18(20)22(27-23)25-17-7-1-2-8-17/h3-6,9-12,17H,1-2,7-8,13-16H2,(H,25,26,27). The van der Waals surface area contributed by atoms with E-state index in [4.69, 9.17) is 9.97 Å². The predicted octanol–water partition coefficient (Wildman–Crippen LogP) is 4.45. The maximum absolute atomic E-state index is 14.1. The van der Waals surface area contributed by atoms with Gasteiger partial charge in [-0.05, 0) is 37.1 Å². The van der Waals surface area contributed by atoms with Gasteiger partial charge in [0.05, 0.1) is 11.2 Å². The zero-order valence-corrected chi connectivity index (χ0v) is 16.5. The van der Waals surface area contributed by atoms with Crippen molar-refractivity contribution in [3.05, 3.63) is 54.3 Å². The van der Waals surface area contributed by atoms with Crippen molar-refractivity contribution in [1.29, 1.82) is 0 Å². The van der Waals surface area contributed by atoms with Gasteiger partial charge < -0.3 is 15.1 Å². The average Bonchev–Trinajstić information content (AvgIpc) is 3.27. The number of piperazine rings is 1. The maximum atomic E-state index is 14.1. The van der Waals surface area contributed by atoms with Crippen LogP contribution in [0, 0.1) is 5.82 Å². The number of aromatic nitrogens is 2. The molecule has 2 aliphatic rings. The summed E-state index contributed by atoms with van der Waals surface area (Å²) in [6.45, 7) is 3.05. The van der Waals surface area contributed by atoms with Crippen molar-refractivity contribution in [2.45, 2.75) is 31.7 Å². The number of nitrogens with one attached hydrogen (secondary N) is 1. The van der Waals surface area contributed by atoms with Crippen LogP contribution in [0.15, 0.2) is 48.5 Å². The quantitative estimate of drug-likeness (QED) is 0.712. The summed E-state index contributed by atoms with van der Waals surface area (Å²) in [5, 5.41) is 4.74. The molecule has 29 heavy (non-hydrogen) atoms. The molecule has 1 aliphatic carbocycles. The molecule has 2 fully saturated rings. The number of nitrogens with zero attached hydrogens (tertiary/aromatic N) is 4. The molecule has 0 radical (unpaired) electrons. The van der Waals surface area contributed by atoms with E-state index in [1.54, 1.807) is 6.07 Å². The van der Waals surface area contributed by atoms with Gasteiger partial charge in [-0.1, -0.05) is 37.1 Å². The molecule has 0 bridgehead atoms. The van der Waals surface area contributed by atoms with Crippen molar-refractivity contribution in [3.8, 4) is 0 Å². The van der Waals surface area contributed by atoms with Gasteiger partial charge in [-0.15, -0.1) is 0 Å². The van der Waals surface area contributed by atoms with Gasteiger partial charge in [-0.2, -0.15) is 4.98 Å². The van der Waals surface area contributed by atoms with Gasteiger partial charge in [0.15, 0.2) is 0 Å². The van der Waals surface area contributed by atoms with Crippen LogP contribution in [0.4, 0.5) is 21.8 Å². The zero-order chi connectivity index (χ0) is 19.6. The average molecular weight is 391 g/mol. The van der Waals surface area contributed by atoms with Crippen LogP contribution in [0.1, 0.15) is 25.7 Å². The third-order valence-corrected chi connectivity index (χ3v) is 6.04. The van der Waals surface area contributed by atoms with Crippen molar-refractivity contribution >= 4 is 28.4 Å². The second kappa shape index (κ2) is 7.85. The van der Waals surface area contributed by atoms with E-state index in [2.05, 4.69) is 27.2 Å². The van der Waals surface area contributed by atoms with Crippen LogP contribution in [0.3, 0.4) is 0 Å². The molecule has 2 heterocycles. The van der Waals surface area contributed by atoms with Crippen LogP contribution >= 0.6 is 0 Å². The molecule has 6 heteroatoms. The molecule has 0 spiro atoms. The first-order valence-corrected chi connectivity index (χ1v) is 10.6. The van der Waals surface area contributed by atoms with Crippen LogP contribution in [-0.2, 0) is 0 Å². The fourth-order valence-electron chi connectivity index (χ4n) is 4.43. The van der Waals surface area contributed by atoms with Gasteiger partial charge >= 0.3 is 0 Å². The Morgan fingerprint density at radius 2 is 1.52 bits per heavy atom. The van der Waals surface area contributed by atoms with Crippen molar-refractivity contribution in [2.24, 2.45) is 0 Å². The van der Waals surface area contributed by atoms with Crippen LogP contribution < -0.4 is 15.1 Å². The monoisotopic (exact) mass is 391 g/mol. The highest BCUT2D eigenvalue weighted by Gasteiger charge is 2.23. The summed E-state index contributed by atoms with van der Waals surface area (Å²) in [5.41, 5.74) is 1.64. The molecule has 0 amide bonds. The van der Waals surface area contributed by atoms with Gasteiger partial charge in [0.2, 0.25) is 5.95 Å². The van der Waals surface area contributed by atoms with Gasteiger partial charge in [0.25, 0.3) is 0 Å². The van der Waals surface area contributed by atoms with E-state index in [1.807, 2.05) is 24.3 Å². The molecule has 3 aromatic rings. The number of halogens is 1. The summed E-state index contributed by atoms with van der Waals surface area (Å²) in [7, 11) is 0. The van der Waals surface area contributed by atoms with Gasteiger partial charge in [0, 0.05) is 37.6 Å². The third kappa shape index (κ3) is 3.71. The molecule has 1 aromatic heterocycles. The fraction of sp³-hybridized carbons (Fsp3) is 0.391. The normalized spacial score (nSPS) is 17.8. The zero-order valence-electron chi connectivity index (χ0n) is 16.5. The van der Waals surface area contributed by atoms with E-state index in [0.29, 0.717) is 11.7 Å². The molecule has 5 nitrogen and oxygen atoms in total. The highest BCUT2D eigenvalue weighted by Crippen LogP contribution is 2.28. The fourth-order valence-corrected chi connectivity index (χ4v) is 4.43. The summed E-state index contributed by atoms with van der Waals surface area (Å²) in [6, 6.07) is 15.7. The maximum Gasteiger partial charge on any atom is 0.228 e. The summed E-state index contributed by atoms with van der Waals surface area (Å²) in [5.74, 6) is 1.54. The molecule has 5 rings (SSSR count). The summed E-state index contributed by atoms with van der Waals surface area (Å²) in [4.78, 5) is 14.1. The molecular formula is C23H26FN5. The van der Waals surface area contributed by atoms with E-state index < -0.39 is 0 Å². The number of anilines is 3. The van der Waals surface area contributed by atoms with Gasteiger partial charge in [-0.25, -0.2) is 9.37 Å². The Labute approximate surface area is 170 Å². The van der Waals surface area contributed by atoms with E-state index in [0.717, 1.165) is 48.8 Å². The Morgan fingerprint density at radius 3 is 2.31 bits per heavy atom. The molecular weight excluding hydrogens is 365 g/mol. The number of para-hydroxylation sites is 2. The lowest BCUT2D eigenvalue weighted by atomic mass is 10.2. The minimum absolute atomic E-state index is 0.161. The first-order chi connectivity index (χ1) is 14.3. The Bertz CT molecular complexity index is 993. The second-order valence-electron chi connectivity index (χ2n) is 7.94. The van der Waals surface area contributed by atoms with Gasteiger partial charge in [0.1, 0.15) is 11.6 Å². The Balaban J connectivity index is 1.38. The second-order valence-corrected chi connectivity index (χ2v) is 7.94. The largest absolute Gasteiger partial charge is 0.367 e. The molecule has 150 valence electrons. The van der Waals surface area contributed by atoms with Crippen molar-refractivity contribution < 1.29 is 4.39 Å². The van der Waals surface area contributed by atoms with E-state index in [9.17, 15) is 4.39 Å². The minimum Gasteiger partial charge on any atom is -0.367 e. The molecule has 1 N–H and O–H groups in total. The number of hydrogen-bond acceptors (Lipinski definition) is 5. The lowest BCUT2D eigenvalue weighted by Crippen LogP contribution is -2.47. The molecule has 0 atom stereocenters. The highest BCUT2D eigenvalue weighted by molar-refractivity contribution is 5.90. The van der Waals surface area contributed by atoms with Crippen LogP contribution in [0.25, 0.3) is 10.9 Å². The molecule has 1 saturated carbocycles. The van der Waals surface area contributed by atoms with Crippen molar-refractivity contribution in [2.75, 3.05) is 41.3 Å². The van der Waals surface area contributed by atoms with E-state index in [-0.39, 0.29) is 5.82 Å². The highest BCUT2D eigenvalue weighted by atomic mass is 19.1. The SMILES string of the molecule is Fc1ccccc1N1CCN(c2nc(NC3CCCC3)c3ccccc3n2)CC1. The minimum atomic E-state index is -0.161. The molecule has 1 saturated heterocycles. The topological polar surface area (TPSA) is 44.3 Å². The lowest BCUT2D eigenvalue weighted by Gasteiger charge is -2.36. The lowest BCUT2D eigenvalue weighted by molar-refractivity contribution is 0.594. The Morgan fingerprint density at radius 1 is 0.828 bits per heavy atom. The molecule has 0 unspecified atom stereocenters. The van der Waals surface area contributed by atoms with Crippen LogP contribution in [0.5, 0.6) is 0 Å². The number of fused-ring (bicyclic) bond motifs is 1. The van der Waals surface area contributed by atoms with Crippen LogP contribution in [-0.4, -0.2) is 42.2 Å². The number of hydrogen-bond donors (Lipinski definition) is 1. The first kappa shape index (κ1) is 18.2. The summed E-state index contributed by atoms with van der Waals surface area (Å²) >= 11 is 0. The van der Waals surface area contributed by atoms with E-state index in [1.165, 1.54) is 31.7 Å². The first-order valence-electron chi connectivity index (χ1n) is 10.6. The number of rotatable bonds is 4. The molecule has 2 aromatic carbocycles. The number of benzene rings is 2. The predicted molar refractivity (Wildman–Crippen MR) is 116 cm³/mol. The Hall–Kier alpha value is -2.89. The molecule has 1 aliphatic heterocycles. The van der Waals surface area contributed by atoms with Crippen molar-refractivity contribution in [3.63, 3.8) is 0 Å². The van der Waals surface area contributed by atoms with Crippen molar-refractivity contribution in [1.82, 2.24) is 9.97 Å². The van der Waals surface area contributed by atoms with Crippen LogP contribution in [0.2, 0.25) is 0 Å². The van der Waals surface area contributed by atoms with E-state index >= 15 is 0 Å². The summed E-state index contributed by atoms with van der Waals surface area (Å²) < 4.78 is 14.1. The smallest absolute Gasteiger partial charge is 0.228 e. The Kier molecular flexibility index (Phi) is 4.92.